The van der Waals surface area contributed by atoms with Crippen molar-refractivity contribution in [1.29, 1.82) is 0 Å². The molecule has 2 aromatic rings. The van der Waals surface area contributed by atoms with Crippen LogP contribution in [0.5, 0.6) is 0 Å². The lowest BCUT2D eigenvalue weighted by Crippen LogP contribution is -2.48. The van der Waals surface area contributed by atoms with E-state index in [9.17, 15) is 9.18 Å². The number of likely N-dealkylation sites (tertiary alicyclic amines) is 1. The van der Waals surface area contributed by atoms with Crippen LogP contribution in [0.2, 0.25) is 0 Å². The molecule has 5 nitrogen and oxygen atoms in total. The van der Waals surface area contributed by atoms with Crippen molar-refractivity contribution in [2.24, 2.45) is 0 Å². The van der Waals surface area contributed by atoms with Crippen LogP contribution in [0.1, 0.15) is 47.8 Å². The van der Waals surface area contributed by atoms with Crippen LogP contribution in [-0.4, -0.2) is 34.0 Å². The van der Waals surface area contributed by atoms with Gasteiger partial charge in [-0.25, -0.2) is 4.39 Å². The van der Waals surface area contributed by atoms with Crippen LogP contribution in [0.25, 0.3) is 0 Å². The normalized spacial score (nSPS) is 15.3. The average Bonchev–Trinajstić information content (AvgIpc) is 2.87. The van der Waals surface area contributed by atoms with Gasteiger partial charge in [-0.3, -0.25) is 4.79 Å². The number of nitrogens with zero attached hydrogens (tertiary/aromatic N) is 3. The van der Waals surface area contributed by atoms with Crippen LogP contribution in [-0.2, 0) is 0 Å². The third-order valence-electron chi connectivity index (χ3n) is 3.60. The fraction of sp³-hybridized carbons (Fsp3) is 0.400. The van der Waals surface area contributed by atoms with Crippen molar-refractivity contribution in [1.82, 2.24) is 15.0 Å². The van der Waals surface area contributed by atoms with E-state index >= 15 is 0 Å². The molecule has 21 heavy (non-hydrogen) atoms. The molecular formula is C15H16FN3O2. The predicted octanol–water partition coefficient (Wildman–Crippen LogP) is 2.57. The van der Waals surface area contributed by atoms with E-state index in [1.54, 1.807) is 17.0 Å². The third-order valence-corrected chi connectivity index (χ3v) is 3.60. The highest BCUT2D eigenvalue weighted by Crippen LogP contribution is 2.28. The third kappa shape index (κ3) is 2.53. The number of rotatable bonds is 3. The molecule has 0 radical (unpaired) electrons. The number of benzene rings is 1. The van der Waals surface area contributed by atoms with Crippen molar-refractivity contribution < 1.29 is 13.7 Å². The molecule has 1 saturated heterocycles. The summed E-state index contributed by atoms with van der Waals surface area (Å²) in [4.78, 5) is 18.1. The van der Waals surface area contributed by atoms with Crippen molar-refractivity contribution >= 4 is 5.91 Å². The molecule has 1 fully saturated rings. The molecular weight excluding hydrogens is 273 g/mol. The van der Waals surface area contributed by atoms with Crippen molar-refractivity contribution in [3.8, 4) is 0 Å². The van der Waals surface area contributed by atoms with E-state index in [0.29, 0.717) is 24.8 Å². The zero-order valence-electron chi connectivity index (χ0n) is 11.9. The van der Waals surface area contributed by atoms with E-state index in [2.05, 4.69) is 10.1 Å². The van der Waals surface area contributed by atoms with Crippen LogP contribution in [0.3, 0.4) is 0 Å². The summed E-state index contributed by atoms with van der Waals surface area (Å²) in [6.07, 6.45) is 0. The fourth-order valence-corrected chi connectivity index (χ4v) is 2.25. The maximum atomic E-state index is 13.6. The van der Waals surface area contributed by atoms with Gasteiger partial charge in [-0.05, 0) is 12.1 Å². The molecule has 0 bridgehead atoms. The number of hydrogen-bond donors (Lipinski definition) is 0. The lowest BCUT2D eigenvalue weighted by molar-refractivity contribution is 0.0564. The maximum Gasteiger partial charge on any atom is 0.256 e. The van der Waals surface area contributed by atoms with Crippen LogP contribution in [0, 0.1) is 5.82 Å². The quantitative estimate of drug-likeness (QED) is 0.871. The van der Waals surface area contributed by atoms with Gasteiger partial charge in [-0.2, -0.15) is 4.98 Å². The van der Waals surface area contributed by atoms with E-state index in [0.717, 1.165) is 0 Å². The van der Waals surface area contributed by atoms with E-state index in [4.69, 9.17) is 4.52 Å². The van der Waals surface area contributed by atoms with Crippen LogP contribution in [0.15, 0.2) is 28.8 Å². The molecule has 1 aromatic heterocycles. The summed E-state index contributed by atoms with van der Waals surface area (Å²) < 4.78 is 18.8. The van der Waals surface area contributed by atoms with Crippen LogP contribution < -0.4 is 0 Å². The van der Waals surface area contributed by atoms with Gasteiger partial charge in [0, 0.05) is 19.0 Å². The Balaban J connectivity index is 1.65. The molecule has 1 aliphatic rings. The highest BCUT2D eigenvalue weighted by molar-refractivity contribution is 5.95. The van der Waals surface area contributed by atoms with E-state index < -0.39 is 5.82 Å². The topological polar surface area (TPSA) is 59.2 Å². The Morgan fingerprint density at radius 3 is 2.71 bits per heavy atom. The van der Waals surface area contributed by atoms with Gasteiger partial charge >= 0.3 is 0 Å². The van der Waals surface area contributed by atoms with Gasteiger partial charge in [0.25, 0.3) is 5.91 Å². The standard InChI is InChI=1S/C15H16FN3O2/c1-9(2)13-17-14(21-18-13)10-7-19(8-10)15(20)11-5-3-4-6-12(11)16/h3-6,9-10H,7-8H2,1-2H3. The first-order valence-electron chi connectivity index (χ1n) is 6.93. The number of halogens is 1. The van der Waals surface area contributed by atoms with Crippen molar-refractivity contribution in [2.45, 2.75) is 25.7 Å². The van der Waals surface area contributed by atoms with Crippen molar-refractivity contribution in [2.75, 3.05) is 13.1 Å². The van der Waals surface area contributed by atoms with E-state index in [1.807, 2.05) is 13.8 Å². The van der Waals surface area contributed by atoms with Gasteiger partial charge in [-0.15, -0.1) is 0 Å². The van der Waals surface area contributed by atoms with E-state index in [1.165, 1.54) is 12.1 Å². The number of carbonyl (C=O) groups is 1. The molecule has 1 amide bonds. The van der Waals surface area contributed by atoms with Crippen LogP contribution >= 0.6 is 0 Å². The van der Waals surface area contributed by atoms with Gasteiger partial charge in [0.05, 0.1) is 11.5 Å². The first-order chi connectivity index (χ1) is 10.1. The lowest BCUT2D eigenvalue weighted by atomic mass is 9.98. The molecule has 0 aliphatic carbocycles. The SMILES string of the molecule is CC(C)c1noc(C2CN(C(=O)c3ccccc3F)C2)n1. The molecule has 2 heterocycles. The minimum atomic E-state index is -0.495. The summed E-state index contributed by atoms with van der Waals surface area (Å²) in [7, 11) is 0. The Bertz CT molecular complexity index is 662. The summed E-state index contributed by atoms with van der Waals surface area (Å²) in [5.74, 6) is 0.679. The summed E-state index contributed by atoms with van der Waals surface area (Å²) in [6, 6.07) is 6.00. The predicted molar refractivity (Wildman–Crippen MR) is 73.4 cm³/mol. The van der Waals surface area contributed by atoms with Gasteiger partial charge in [-0.1, -0.05) is 31.1 Å². The zero-order chi connectivity index (χ0) is 15.0. The molecule has 110 valence electrons. The maximum absolute atomic E-state index is 13.6. The zero-order valence-corrected chi connectivity index (χ0v) is 11.9. The molecule has 0 atom stereocenters. The molecule has 6 heteroatoms. The Morgan fingerprint density at radius 2 is 2.10 bits per heavy atom. The Morgan fingerprint density at radius 1 is 1.38 bits per heavy atom. The minimum absolute atomic E-state index is 0.0423. The second-order valence-electron chi connectivity index (χ2n) is 5.53. The monoisotopic (exact) mass is 289 g/mol. The number of carbonyl (C=O) groups excluding carboxylic acids is 1. The number of amides is 1. The van der Waals surface area contributed by atoms with Gasteiger partial charge in [0.2, 0.25) is 5.89 Å². The second kappa shape index (κ2) is 5.27. The Kier molecular flexibility index (Phi) is 3.45. The van der Waals surface area contributed by atoms with Crippen LogP contribution in [0.4, 0.5) is 4.39 Å². The molecule has 0 saturated carbocycles. The number of hydrogen-bond acceptors (Lipinski definition) is 4. The summed E-state index contributed by atoms with van der Waals surface area (Å²) >= 11 is 0. The minimum Gasteiger partial charge on any atom is -0.339 e. The Labute approximate surface area is 121 Å². The highest BCUT2D eigenvalue weighted by Gasteiger charge is 2.36. The smallest absolute Gasteiger partial charge is 0.256 e. The summed E-state index contributed by atoms with van der Waals surface area (Å²) in [5.41, 5.74) is 0.101. The lowest BCUT2D eigenvalue weighted by Gasteiger charge is -2.37. The second-order valence-corrected chi connectivity index (χ2v) is 5.53. The van der Waals surface area contributed by atoms with Gasteiger partial charge in [0.15, 0.2) is 5.82 Å². The van der Waals surface area contributed by atoms with Gasteiger partial charge in [0.1, 0.15) is 5.82 Å². The highest BCUT2D eigenvalue weighted by atomic mass is 19.1. The summed E-state index contributed by atoms with van der Waals surface area (Å²) in [6.45, 7) is 4.94. The molecule has 0 N–H and O–H groups in total. The molecule has 0 unspecified atom stereocenters. The molecule has 1 aromatic carbocycles. The molecule has 1 aliphatic heterocycles. The van der Waals surface area contributed by atoms with Gasteiger partial charge < -0.3 is 9.42 Å². The van der Waals surface area contributed by atoms with Crippen molar-refractivity contribution in [3.63, 3.8) is 0 Å². The molecule has 3 rings (SSSR count). The first-order valence-corrected chi connectivity index (χ1v) is 6.93. The van der Waals surface area contributed by atoms with Crippen molar-refractivity contribution in [3.05, 3.63) is 47.4 Å². The average molecular weight is 289 g/mol. The largest absolute Gasteiger partial charge is 0.339 e. The fourth-order valence-electron chi connectivity index (χ4n) is 2.25. The first kappa shape index (κ1) is 13.7. The Hall–Kier alpha value is -2.24. The number of aromatic nitrogens is 2. The molecule has 0 spiro atoms. The summed E-state index contributed by atoms with van der Waals surface area (Å²) in [5, 5.41) is 3.91. The van der Waals surface area contributed by atoms with E-state index in [-0.39, 0.29) is 23.3 Å².